The molecular formula is C70H135NO5. The molecule has 2 atom stereocenters. The summed E-state index contributed by atoms with van der Waals surface area (Å²) in [7, 11) is 0. The molecule has 1 amide bonds. The predicted molar refractivity (Wildman–Crippen MR) is 333 cm³/mol. The average molecular weight is 1070 g/mol. The third-order valence-electron chi connectivity index (χ3n) is 16.2. The Balaban J connectivity index is 3.40. The third kappa shape index (κ3) is 61.6. The summed E-state index contributed by atoms with van der Waals surface area (Å²) in [6.07, 6.45) is 82.5. The van der Waals surface area contributed by atoms with E-state index in [-0.39, 0.29) is 18.5 Å². The van der Waals surface area contributed by atoms with E-state index in [2.05, 4.69) is 31.3 Å². The van der Waals surface area contributed by atoms with Gasteiger partial charge in [-0.25, -0.2) is 0 Å². The Bertz CT molecular complexity index is 1190. The lowest BCUT2D eigenvalue weighted by molar-refractivity contribution is -0.143. The molecule has 0 aromatic rings. The predicted octanol–water partition coefficient (Wildman–Crippen LogP) is 22.1. The molecule has 0 aliphatic rings. The van der Waals surface area contributed by atoms with E-state index >= 15 is 0 Å². The highest BCUT2D eigenvalue weighted by Crippen LogP contribution is 2.18. The zero-order valence-corrected chi connectivity index (χ0v) is 51.5. The van der Waals surface area contributed by atoms with Crippen molar-refractivity contribution in [1.82, 2.24) is 5.32 Å². The van der Waals surface area contributed by atoms with Crippen LogP contribution in [0.25, 0.3) is 0 Å². The molecule has 0 saturated carbocycles. The Kier molecular flexibility index (Phi) is 64.4. The lowest BCUT2D eigenvalue weighted by Gasteiger charge is -2.20. The summed E-state index contributed by atoms with van der Waals surface area (Å²) in [5, 5.41) is 23.2. The average Bonchev–Trinajstić information content (AvgIpc) is 3.42. The highest BCUT2D eigenvalue weighted by Gasteiger charge is 2.18. The maximum absolute atomic E-state index is 12.5. The number of ether oxygens (including phenoxy) is 1. The molecule has 450 valence electrons. The minimum atomic E-state index is -0.845. The van der Waals surface area contributed by atoms with Crippen LogP contribution in [0.2, 0.25) is 0 Å². The molecule has 0 aromatic carbocycles. The molecule has 0 heterocycles. The molecule has 6 heteroatoms. The highest BCUT2D eigenvalue weighted by molar-refractivity contribution is 5.76. The van der Waals surface area contributed by atoms with Gasteiger partial charge < -0.3 is 20.3 Å². The third-order valence-corrected chi connectivity index (χ3v) is 16.2. The Morgan fingerprint density at radius 3 is 0.934 bits per heavy atom. The van der Waals surface area contributed by atoms with Crippen molar-refractivity contribution in [2.24, 2.45) is 0 Å². The van der Waals surface area contributed by atoms with Crippen LogP contribution in [0, 0.1) is 0 Å². The Morgan fingerprint density at radius 1 is 0.355 bits per heavy atom. The maximum atomic E-state index is 12.5. The number of nitrogens with one attached hydrogen (secondary N) is 1. The second kappa shape index (κ2) is 65.9. The number of hydrogen-bond acceptors (Lipinski definition) is 5. The Hall–Kier alpha value is -1.66. The first-order valence-electron chi connectivity index (χ1n) is 34.6. The quantitative estimate of drug-likeness (QED) is 0.0320. The number of rotatable bonds is 65. The number of carbonyl (C=O) groups excluding carboxylic acids is 2. The van der Waals surface area contributed by atoms with Crippen LogP contribution in [0.4, 0.5) is 0 Å². The summed E-state index contributed by atoms with van der Waals surface area (Å²) in [6, 6.07) is -0.628. The Morgan fingerprint density at radius 2 is 0.618 bits per heavy atom. The van der Waals surface area contributed by atoms with Crippen molar-refractivity contribution in [2.45, 2.75) is 398 Å². The van der Waals surface area contributed by atoms with Crippen molar-refractivity contribution in [2.75, 3.05) is 13.2 Å². The van der Waals surface area contributed by atoms with Crippen molar-refractivity contribution in [3.63, 3.8) is 0 Å². The molecule has 2 unspecified atom stereocenters. The van der Waals surface area contributed by atoms with E-state index in [0.717, 1.165) is 38.5 Å². The second-order valence-electron chi connectivity index (χ2n) is 23.9. The van der Waals surface area contributed by atoms with E-state index in [0.29, 0.717) is 19.4 Å². The van der Waals surface area contributed by atoms with Crippen molar-refractivity contribution >= 4 is 11.9 Å². The summed E-state index contributed by atoms with van der Waals surface area (Å²) in [4.78, 5) is 24.5. The first-order chi connectivity index (χ1) is 37.5. The van der Waals surface area contributed by atoms with Gasteiger partial charge in [0.2, 0.25) is 5.91 Å². The van der Waals surface area contributed by atoms with Crippen LogP contribution in [0.5, 0.6) is 0 Å². The fraction of sp³-hybridized carbons (Fsp3) is 0.914. The lowest BCUT2D eigenvalue weighted by atomic mass is 10.0. The standard InChI is InChI=1S/C70H135NO5/c1-3-5-7-9-11-13-15-17-18-19-30-33-36-39-42-46-50-54-58-62-68(73)67(66-72)71-69(74)63-59-55-51-47-43-40-37-34-31-28-26-24-22-20-21-23-25-27-29-32-35-38-41-45-49-53-57-61-65-76-70(75)64-60-56-52-48-44-16-14-12-10-8-6-4-2/h20-21,58,62,67-68,72-73H,3-19,22-57,59-61,63-66H2,1-2H3,(H,71,74)/b21-20-,62-58+. The van der Waals surface area contributed by atoms with Crippen LogP contribution in [0.3, 0.4) is 0 Å². The molecule has 76 heavy (non-hydrogen) atoms. The molecule has 0 radical (unpaired) electrons. The largest absolute Gasteiger partial charge is 0.466 e. The monoisotopic (exact) mass is 1070 g/mol. The summed E-state index contributed by atoms with van der Waals surface area (Å²) in [5.41, 5.74) is 0. The number of aliphatic hydroxyl groups is 2. The van der Waals surface area contributed by atoms with Crippen LogP contribution in [-0.4, -0.2) is 47.4 Å². The van der Waals surface area contributed by atoms with E-state index in [4.69, 9.17) is 4.74 Å². The molecule has 0 aromatic heterocycles. The molecule has 0 aliphatic heterocycles. The minimum absolute atomic E-state index is 0.0167. The van der Waals surface area contributed by atoms with Gasteiger partial charge in [0.05, 0.1) is 25.4 Å². The lowest BCUT2D eigenvalue weighted by Crippen LogP contribution is -2.45. The fourth-order valence-electron chi connectivity index (χ4n) is 10.9. The molecule has 3 N–H and O–H groups in total. The zero-order chi connectivity index (χ0) is 55.0. The number of unbranched alkanes of at least 4 members (excludes halogenated alkanes) is 52. The van der Waals surface area contributed by atoms with Gasteiger partial charge in [0, 0.05) is 12.8 Å². The van der Waals surface area contributed by atoms with Gasteiger partial charge >= 0.3 is 5.97 Å². The summed E-state index contributed by atoms with van der Waals surface area (Å²) in [5.74, 6) is -0.0476. The fourth-order valence-corrected chi connectivity index (χ4v) is 10.9. The van der Waals surface area contributed by atoms with E-state index in [9.17, 15) is 19.8 Å². The van der Waals surface area contributed by atoms with Gasteiger partial charge in [-0.2, -0.15) is 0 Å². The second-order valence-corrected chi connectivity index (χ2v) is 23.9. The van der Waals surface area contributed by atoms with Crippen molar-refractivity contribution in [3.8, 4) is 0 Å². The van der Waals surface area contributed by atoms with Crippen LogP contribution in [0.15, 0.2) is 24.3 Å². The van der Waals surface area contributed by atoms with Gasteiger partial charge in [-0.15, -0.1) is 0 Å². The zero-order valence-electron chi connectivity index (χ0n) is 51.5. The van der Waals surface area contributed by atoms with Crippen molar-refractivity contribution in [1.29, 1.82) is 0 Å². The number of hydrogen-bond donors (Lipinski definition) is 3. The van der Waals surface area contributed by atoms with E-state index in [1.54, 1.807) is 6.08 Å². The highest BCUT2D eigenvalue weighted by atomic mass is 16.5. The summed E-state index contributed by atoms with van der Waals surface area (Å²) < 4.78 is 5.48. The normalized spacial score (nSPS) is 12.6. The van der Waals surface area contributed by atoms with E-state index in [1.165, 1.54) is 321 Å². The maximum Gasteiger partial charge on any atom is 0.305 e. The van der Waals surface area contributed by atoms with Crippen molar-refractivity contribution < 1.29 is 24.5 Å². The van der Waals surface area contributed by atoms with Gasteiger partial charge in [-0.3, -0.25) is 9.59 Å². The molecule has 0 fully saturated rings. The minimum Gasteiger partial charge on any atom is -0.466 e. The number of carbonyl (C=O) groups is 2. The summed E-state index contributed by atoms with van der Waals surface area (Å²) >= 11 is 0. The van der Waals surface area contributed by atoms with E-state index < -0.39 is 12.1 Å². The SMILES string of the molecule is CCCCCCCCCCCCCCCCCCC/C=C/C(O)C(CO)NC(=O)CCCCCCCCCCCCCC/C=C\CCCCCCCCCCCCCCOC(=O)CCCCCCCCCCCCCC. The Labute approximate surface area is 475 Å². The van der Waals surface area contributed by atoms with Crippen LogP contribution < -0.4 is 5.32 Å². The smallest absolute Gasteiger partial charge is 0.305 e. The number of aliphatic hydroxyl groups excluding tert-OH is 2. The van der Waals surface area contributed by atoms with E-state index in [1.807, 2.05) is 6.08 Å². The van der Waals surface area contributed by atoms with Gasteiger partial charge in [-0.1, -0.05) is 340 Å². The molecule has 0 spiro atoms. The summed E-state index contributed by atoms with van der Waals surface area (Å²) in [6.45, 7) is 4.94. The molecule has 0 rings (SSSR count). The van der Waals surface area contributed by atoms with Crippen LogP contribution in [0.1, 0.15) is 386 Å². The van der Waals surface area contributed by atoms with Crippen LogP contribution >= 0.6 is 0 Å². The number of allylic oxidation sites excluding steroid dienone is 3. The van der Waals surface area contributed by atoms with Gasteiger partial charge in [-0.05, 0) is 57.8 Å². The number of amides is 1. The molecule has 0 aliphatic carbocycles. The molecule has 6 nitrogen and oxygen atoms in total. The topological polar surface area (TPSA) is 95.9 Å². The van der Waals surface area contributed by atoms with Gasteiger partial charge in [0.25, 0.3) is 0 Å². The first kappa shape index (κ1) is 74.3. The molecular weight excluding hydrogens is 935 g/mol. The molecule has 0 saturated heterocycles. The molecule has 0 bridgehead atoms. The van der Waals surface area contributed by atoms with Crippen molar-refractivity contribution in [3.05, 3.63) is 24.3 Å². The van der Waals surface area contributed by atoms with Gasteiger partial charge in [0.1, 0.15) is 0 Å². The first-order valence-corrected chi connectivity index (χ1v) is 34.6. The van der Waals surface area contributed by atoms with Gasteiger partial charge in [0.15, 0.2) is 0 Å². The van der Waals surface area contributed by atoms with Crippen LogP contribution in [-0.2, 0) is 14.3 Å². The number of esters is 1.